The Hall–Kier alpha value is -0.660. The molecule has 2 fully saturated rings. The number of hydrogen-bond donors (Lipinski definition) is 2. The summed E-state index contributed by atoms with van der Waals surface area (Å²) in [5.74, 6) is 0.211. The molecule has 2 N–H and O–H groups in total. The number of amides is 1. The molecule has 0 radical (unpaired) electrons. The predicted molar refractivity (Wildman–Crippen MR) is 71.7 cm³/mol. The lowest BCUT2D eigenvalue weighted by molar-refractivity contribution is -0.129. The van der Waals surface area contributed by atoms with Crippen LogP contribution in [0.2, 0.25) is 0 Å². The fraction of sp³-hybridized carbons (Fsp3) is 0.917. The Morgan fingerprint density at radius 3 is 2.42 bits per heavy atom. The van der Waals surface area contributed by atoms with Crippen molar-refractivity contribution in [2.75, 3.05) is 31.2 Å². The zero-order valence-electron chi connectivity index (χ0n) is 11.1. The van der Waals surface area contributed by atoms with Crippen LogP contribution in [0.1, 0.15) is 25.7 Å². The molecular weight excluding hydrogens is 268 g/mol. The normalized spacial score (nSPS) is 25.1. The quantitative estimate of drug-likeness (QED) is 0.725. The molecular formula is C12H22N2O4S. The molecule has 2 rings (SSSR count). The SMILES string of the molecule is O=C(COC1CCNCC1)NC1CCS(=O)(=O)CC1. The van der Waals surface area contributed by atoms with Gasteiger partial charge in [0.15, 0.2) is 0 Å². The summed E-state index contributed by atoms with van der Waals surface area (Å²) in [6, 6.07) is -0.0207. The molecule has 19 heavy (non-hydrogen) atoms. The van der Waals surface area contributed by atoms with Crippen molar-refractivity contribution in [2.24, 2.45) is 0 Å². The van der Waals surface area contributed by atoms with Crippen molar-refractivity contribution in [3.63, 3.8) is 0 Å². The van der Waals surface area contributed by atoms with Gasteiger partial charge in [-0.2, -0.15) is 0 Å². The third kappa shape index (κ3) is 5.08. The summed E-state index contributed by atoms with van der Waals surface area (Å²) in [6.07, 6.45) is 3.07. The van der Waals surface area contributed by atoms with E-state index in [1.54, 1.807) is 0 Å². The van der Waals surface area contributed by atoms with E-state index in [0.717, 1.165) is 25.9 Å². The molecule has 0 spiro atoms. The molecule has 1 amide bonds. The molecule has 0 unspecified atom stereocenters. The lowest BCUT2D eigenvalue weighted by atomic mass is 10.1. The first-order chi connectivity index (χ1) is 9.05. The number of piperidine rings is 1. The summed E-state index contributed by atoms with van der Waals surface area (Å²) in [7, 11) is -2.87. The highest BCUT2D eigenvalue weighted by atomic mass is 32.2. The van der Waals surface area contributed by atoms with Crippen molar-refractivity contribution in [3.8, 4) is 0 Å². The van der Waals surface area contributed by atoms with Crippen LogP contribution in [-0.2, 0) is 19.4 Å². The van der Waals surface area contributed by atoms with Crippen LogP contribution >= 0.6 is 0 Å². The number of carbonyl (C=O) groups is 1. The van der Waals surface area contributed by atoms with Crippen LogP contribution in [0.25, 0.3) is 0 Å². The van der Waals surface area contributed by atoms with Gasteiger partial charge in [0.05, 0.1) is 17.6 Å². The molecule has 0 aromatic rings. The first kappa shape index (κ1) is 14.7. The molecule has 0 aromatic heterocycles. The molecule has 2 saturated heterocycles. The molecule has 110 valence electrons. The van der Waals surface area contributed by atoms with Gasteiger partial charge in [-0.25, -0.2) is 8.42 Å². The van der Waals surface area contributed by atoms with Crippen LogP contribution in [0.4, 0.5) is 0 Å². The molecule has 0 saturated carbocycles. The van der Waals surface area contributed by atoms with Gasteiger partial charge in [-0.3, -0.25) is 4.79 Å². The van der Waals surface area contributed by atoms with Gasteiger partial charge >= 0.3 is 0 Å². The zero-order valence-corrected chi connectivity index (χ0v) is 11.9. The Balaban J connectivity index is 1.64. The minimum Gasteiger partial charge on any atom is -0.368 e. The van der Waals surface area contributed by atoms with Gasteiger partial charge in [0.25, 0.3) is 0 Å². The molecule has 0 aromatic carbocycles. The van der Waals surface area contributed by atoms with E-state index >= 15 is 0 Å². The first-order valence-corrected chi connectivity index (χ1v) is 8.69. The van der Waals surface area contributed by atoms with Gasteiger partial charge < -0.3 is 15.4 Å². The first-order valence-electron chi connectivity index (χ1n) is 6.87. The molecule has 2 heterocycles. The molecule has 0 atom stereocenters. The number of rotatable bonds is 4. The van der Waals surface area contributed by atoms with E-state index in [9.17, 15) is 13.2 Å². The van der Waals surface area contributed by atoms with E-state index in [4.69, 9.17) is 4.74 Å². The number of hydrogen-bond acceptors (Lipinski definition) is 5. The highest BCUT2D eigenvalue weighted by Gasteiger charge is 2.25. The van der Waals surface area contributed by atoms with Crippen LogP contribution in [0.15, 0.2) is 0 Å². The van der Waals surface area contributed by atoms with Crippen LogP contribution in [0, 0.1) is 0 Å². The minimum absolute atomic E-state index is 0.0207. The summed E-state index contributed by atoms with van der Waals surface area (Å²) in [6.45, 7) is 1.95. The average molecular weight is 290 g/mol. The molecule has 2 aliphatic rings. The number of carbonyl (C=O) groups excluding carboxylic acids is 1. The number of ether oxygens (including phenoxy) is 1. The van der Waals surface area contributed by atoms with E-state index in [2.05, 4.69) is 10.6 Å². The van der Waals surface area contributed by atoms with E-state index in [1.165, 1.54) is 0 Å². The van der Waals surface area contributed by atoms with E-state index in [-0.39, 0.29) is 36.2 Å². The lowest BCUT2D eigenvalue weighted by Gasteiger charge is -2.25. The summed E-state index contributed by atoms with van der Waals surface area (Å²) in [5.41, 5.74) is 0. The Labute approximate surface area is 114 Å². The molecule has 2 aliphatic heterocycles. The zero-order chi connectivity index (χ0) is 13.7. The smallest absolute Gasteiger partial charge is 0.246 e. The van der Waals surface area contributed by atoms with Crippen molar-refractivity contribution in [2.45, 2.75) is 37.8 Å². The summed E-state index contributed by atoms with van der Waals surface area (Å²) < 4.78 is 28.1. The highest BCUT2D eigenvalue weighted by molar-refractivity contribution is 7.91. The van der Waals surface area contributed by atoms with Crippen molar-refractivity contribution in [3.05, 3.63) is 0 Å². The average Bonchev–Trinajstić information content (AvgIpc) is 2.40. The van der Waals surface area contributed by atoms with Gasteiger partial charge in [0.2, 0.25) is 5.91 Å². The van der Waals surface area contributed by atoms with Gasteiger partial charge in [0, 0.05) is 6.04 Å². The largest absolute Gasteiger partial charge is 0.368 e. The Morgan fingerprint density at radius 2 is 1.79 bits per heavy atom. The van der Waals surface area contributed by atoms with Crippen molar-refractivity contribution in [1.82, 2.24) is 10.6 Å². The van der Waals surface area contributed by atoms with Crippen LogP contribution < -0.4 is 10.6 Å². The van der Waals surface area contributed by atoms with Gasteiger partial charge in [0.1, 0.15) is 16.4 Å². The maximum absolute atomic E-state index is 11.7. The van der Waals surface area contributed by atoms with E-state index in [0.29, 0.717) is 12.8 Å². The third-order valence-corrected chi connectivity index (χ3v) is 5.37. The Bertz CT molecular complexity index is 390. The third-order valence-electron chi connectivity index (χ3n) is 3.66. The molecule has 6 nitrogen and oxygen atoms in total. The van der Waals surface area contributed by atoms with Crippen molar-refractivity contribution < 1.29 is 17.9 Å². The topological polar surface area (TPSA) is 84.5 Å². The van der Waals surface area contributed by atoms with Crippen LogP contribution in [0.5, 0.6) is 0 Å². The molecule has 0 aliphatic carbocycles. The van der Waals surface area contributed by atoms with E-state index in [1.807, 2.05) is 0 Å². The summed E-state index contributed by atoms with van der Waals surface area (Å²) in [4.78, 5) is 11.7. The van der Waals surface area contributed by atoms with Gasteiger partial charge in [-0.15, -0.1) is 0 Å². The fourth-order valence-electron chi connectivity index (χ4n) is 2.46. The van der Waals surface area contributed by atoms with Gasteiger partial charge in [-0.05, 0) is 38.8 Å². The second kappa shape index (κ2) is 6.67. The predicted octanol–water partition coefficient (Wildman–Crippen LogP) is -0.552. The van der Waals surface area contributed by atoms with E-state index < -0.39 is 9.84 Å². The number of nitrogens with one attached hydrogen (secondary N) is 2. The Morgan fingerprint density at radius 1 is 1.16 bits per heavy atom. The van der Waals surface area contributed by atoms with Crippen LogP contribution in [0.3, 0.4) is 0 Å². The van der Waals surface area contributed by atoms with Gasteiger partial charge in [-0.1, -0.05) is 0 Å². The summed E-state index contributed by atoms with van der Waals surface area (Å²) in [5, 5.41) is 6.09. The monoisotopic (exact) mass is 290 g/mol. The standard InChI is InChI=1S/C12H22N2O4S/c15-12(9-18-11-1-5-13-6-2-11)14-10-3-7-19(16,17)8-4-10/h10-11,13H,1-9H2,(H,14,15). The van der Waals surface area contributed by atoms with Crippen LogP contribution in [-0.4, -0.2) is 57.7 Å². The van der Waals surface area contributed by atoms with Crippen molar-refractivity contribution >= 4 is 15.7 Å². The maximum atomic E-state index is 11.7. The number of sulfone groups is 1. The highest BCUT2D eigenvalue weighted by Crippen LogP contribution is 2.12. The second-order valence-electron chi connectivity index (χ2n) is 5.25. The maximum Gasteiger partial charge on any atom is 0.246 e. The lowest BCUT2D eigenvalue weighted by Crippen LogP contribution is -2.43. The van der Waals surface area contributed by atoms with Crippen molar-refractivity contribution in [1.29, 1.82) is 0 Å². The molecule has 7 heteroatoms. The Kier molecular flexibility index (Phi) is 5.18. The summed E-state index contributed by atoms with van der Waals surface area (Å²) >= 11 is 0. The fourth-order valence-corrected chi connectivity index (χ4v) is 3.95. The second-order valence-corrected chi connectivity index (χ2v) is 7.56. The molecule has 0 bridgehead atoms. The minimum atomic E-state index is -2.87.